The van der Waals surface area contributed by atoms with Crippen molar-refractivity contribution >= 4 is 21.6 Å². The van der Waals surface area contributed by atoms with E-state index in [0.717, 1.165) is 22.2 Å². The zero-order chi connectivity index (χ0) is 22.5. The van der Waals surface area contributed by atoms with E-state index in [-0.39, 0.29) is 11.7 Å². The van der Waals surface area contributed by atoms with Gasteiger partial charge < -0.3 is 10.1 Å². The number of ether oxygens (including phenoxy) is 1. The van der Waals surface area contributed by atoms with Gasteiger partial charge in [0.2, 0.25) is 15.9 Å². The quantitative estimate of drug-likeness (QED) is 0.647. The summed E-state index contributed by atoms with van der Waals surface area (Å²) in [6, 6.07) is 11.2. The molecule has 0 radical (unpaired) electrons. The van der Waals surface area contributed by atoms with Gasteiger partial charge in [0.15, 0.2) is 0 Å². The molecule has 0 unspecified atom stereocenters. The first-order chi connectivity index (χ1) is 14.0. The molecule has 2 aromatic carbocycles. The zero-order valence-electron chi connectivity index (χ0n) is 17.9. The molecule has 30 heavy (non-hydrogen) atoms. The maximum absolute atomic E-state index is 13.7. The Hall–Kier alpha value is -2.61. The minimum absolute atomic E-state index is 0.102. The number of benzene rings is 2. The van der Waals surface area contributed by atoms with Gasteiger partial charge in [-0.25, -0.2) is 12.8 Å². The Labute approximate surface area is 178 Å². The molecule has 0 aliphatic carbocycles. The van der Waals surface area contributed by atoms with E-state index in [1.807, 2.05) is 38.1 Å². The van der Waals surface area contributed by atoms with E-state index in [9.17, 15) is 17.6 Å². The van der Waals surface area contributed by atoms with Gasteiger partial charge in [-0.1, -0.05) is 32.0 Å². The van der Waals surface area contributed by atoms with E-state index in [1.54, 1.807) is 7.11 Å². The number of carbonyl (C=O) groups excluding carboxylic acids is 1. The van der Waals surface area contributed by atoms with Crippen LogP contribution in [0.2, 0.25) is 0 Å². The molecule has 0 saturated heterocycles. The Morgan fingerprint density at radius 2 is 1.77 bits per heavy atom. The normalized spacial score (nSPS) is 13.6. The van der Waals surface area contributed by atoms with Crippen LogP contribution in [-0.4, -0.2) is 33.7 Å². The van der Waals surface area contributed by atoms with Gasteiger partial charge in [0.25, 0.3) is 0 Å². The van der Waals surface area contributed by atoms with Crippen LogP contribution in [0.4, 0.5) is 10.1 Å². The van der Waals surface area contributed by atoms with Crippen molar-refractivity contribution in [2.24, 2.45) is 5.92 Å². The van der Waals surface area contributed by atoms with Crippen molar-refractivity contribution < 1.29 is 22.3 Å². The summed E-state index contributed by atoms with van der Waals surface area (Å²) in [5.41, 5.74) is 0.992. The number of carbonyl (C=O) groups is 1. The molecule has 0 aliphatic rings. The third-order valence-electron chi connectivity index (χ3n) is 4.69. The molecule has 2 rings (SSSR count). The van der Waals surface area contributed by atoms with Gasteiger partial charge in [0, 0.05) is 0 Å². The third kappa shape index (κ3) is 6.19. The molecule has 0 spiro atoms. The predicted molar refractivity (Wildman–Crippen MR) is 117 cm³/mol. The van der Waals surface area contributed by atoms with Gasteiger partial charge in [-0.2, -0.15) is 0 Å². The summed E-state index contributed by atoms with van der Waals surface area (Å²) < 4.78 is 44.6. The molecule has 2 atom stereocenters. The second-order valence-corrected chi connectivity index (χ2v) is 9.54. The number of hydrogen-bond donors (Lipinski definition) is 1. The standard InChI is InChI=1S/C22H29FN2O4S/c1-15(2)13-21(17-9-11-20(29-4)12-10-17)24-22(26)16(3)25(30(5,27)28)19-8-6-7-18(23)14-19/h6-12,14-16,21H,13H2,1-5H3,(H,24,26)/t16-,21+/m0/s1. The molecule has 164 valence electrons. The molecule has 0 bridgehead atoms. The van der Waals surface area contributed by atoms with Crippen LogP contribution in [0.5, 0.6) is 5.75 Å². The van der Waals surface area contributed by atoms with Crippen LogP contribution in [0.3, 0.4) is 0 Å². The summed E-state index contributed by atoms with van der Waals surface area (Å²) in [4.78, 5) is 13.0. The number of methoxy groups -OCH3 is 1. The molecule has 8 heteroatoms. The van der Waals surface area contributed by atoms with Crippen molar-refractivity contribution in [1.29, 1.82) is 0 Å². The lowest BCUT2D eigenvalue weighted by Crippen LogP contribution is -2.48. The Balaban J connectivity index is 2.31. The number of anilines is 1. The fourth-order valence-electron chi connectivity index (χ4n) is 3.30. The van der Waals surface area contributed by atoms with E-state index in [0.29, 0.717) is 18.1 Å². The number of nitrogens with zero attached hydrogens (tertiary/aromatic N) is 1. The molecule has 0 heterocycles. The van der Waals surface area contributed by atoms with Gasteiger partial charge in [-0.3, -0.25) is 9.10 Å². The van der Waals surface area contributed by atoms with Crippen molar-refractivity contribution in [2.45, 2.75) is 39.3 Å². The van der Waals surface area contributed by atoms with Crippen LogP contribution in [0.25, 0.3) is 0 Å². The monoisotopic (exact) mass is 436 g/mol. The first-order valence-electron chi connectivity index (χ1n) is 9.72. The van der Waals surface area contributed by atoms with Gasteiger partial charge in [0.05, 0.1) is 25.1 Å². The highest BCUT2D eigenvalue weighted by Crippen LogP contribution is 2.26. The summed E-state index contributed by atoms with van der Waals surface area (Å²) in [7, 11) is -2.24. The lowest BCUT2D eigenvalue weighted by molar-refractivity contribution is -0.122. The number of rotatable bonds is 9. The maximum Gasteiger partial charge on any atom is 0.244 e. The van der Waals surface area contributed by atoms with Crippen molar-refractivity contribution in [3.05, 3.63) is 59.9 Å². The molecule has 6 nitrogen and oxygen atoms in total. The molecule has 2 aromatic rings. The average molecular weight is 437 g/mol. The van der Waals surface area contributed by atoms with E-state index >= 15 is 0 Å². The second-order valence-electron chi connectivity index (χ2n) is 7.68. The molecule has 0 aromatic heterocycles. The Morgan fingerprint density at radius 1 is 1.13 bits per heavy atom. The van der Waals surface area contributed by atoms with Crippen molar-refractivity contribution in [3.8, 4) is 5.75 Å². The van der Waals surface area contributed by atoms with Crippen LogP contribution in [-0.2, 0) is 14.8 Å². The third-order valence-corrected chi connectivity index (χ3v) is 5.93. The van der Waals surface area contributed by atoms with E-state index in [4.69, 9.17) is 4.74 Å². The van der Waals surface area contributed by atoms with Crippen molar-refractivity contribution in [1.82, 2.24) is 5.32 Å². The predicted octanol–water partition coefficient (Wildman–Crippen LogP) is 3.89. The zero-order valence-corrected chi connectivity index (χ0v) is 18.7. The van der Waals surface area contributed by atoms with Gasteiger partial charge in [0.1, 0.15) is 17.6 Å². The fraction of sp³-hybridized carbons (Fsp3) is 0.409. The van der Waals surface area contributed by atoms with Crippen molar-refractivity contribution in [3.63, 3.8) is 0 Å². The van der Waals surface area contributed by atoms with Crippen LogP contribution in [0.15, 0.2) is 48.5 Å². The largest absolute Gasteiger partial charge is 0.497 e. The molecule has 0 saturated carbocycles. The van der Waals surface area contributed by atoms with Crippen LogP contribution in [0, 0.1) is 11.7 Å². The highest BCUT2D eigenvalue weighted by molar-refractivity contribution is 7.92. The van der Waals surface area contributed by atoms with Crippen LogP contribution in [0.1, 0.15) is 38.8 Å². The lowest BCUT2D eigenvalue weighted by atomic mass is 9.96. The SMILES string of the molecule is COc1ccc([C@@H](CC(C)C)NC(=O)[C@H](C)N(c2cccc(F)c2)S(C)(=O)=O)cc1. The molecule has 0 aliphatic heterocycles. The number of amides is 1. The van der Waals surface area contributed by atoms with Gasteiger partial charge in [-0.05, 0) is 55.2 Å². The minimum atomic E-state index is -3.82. The molecular formula is C22H29FN2O4S. The number of halogens is 1. The van der Waals surface area contributed by atoms with Crippen molar-refractivity contribution in [2.75, 3.05) is 17.7 Å². The molecular weight excluding hydrogens is 407 g/mol. The highest BCUT2D eigenvalue weighted by atomic mass is 32.2. The highest BCUT2D eigenvalue weighted by Gasteiger charge is 2.31. The van der Waals surface area contributed by atoms with Gasteiger partial charge in [-0.15, -0.1) is 0 Å². The summed E-state index contributed by atoms with van der Waals surface area (Å²) in [6.45, 7) is 5.57. The Morgan fingerprint density at radius 3 is 2.27 bits per heavy atom. The smallest absolute Gasteiger partial charge is 0.244 e. The average Bonchev–Trinajstić information content (AvgIpc) is 2.66. The Kier molecular flexibility index (Phi) is 7.83. The molecule has 1 amide bonds. The molecule has 1 N–H and O–H groups in total. The summed E-state index contributed by atoms with van der Waals surface area (Å²) in [5.74, 6) is -0.0473. The van der Waals surface area contributed by atoms with Crippen LogP contribution >= 0.6 is 0 Å². The summed E-state index contributed by atoms with van der Waals surface area (Å²) >= 11 is 0. The summed E-state index contributed by atoms with van der Waals surface area (Å²) in [6.07, 6.45) is 1.67. The van der Waals surface area contributed by atoms with E-state index in [2.05, 4.69) is 5.32 Å². The fourth-order valence-corrected chi connectivity index (χ4v) is 4.47. The lowest BCUT2D eigenvalue weighted by Gasteiger charge is -2.30. The number of sulfonamides is 1. The maximum atomic E-state index is 13.7. The minimum Gasteiger partial charge on any atom is -0.497 e. The number of nitrogens with one attached hydrogen (secondary N) is 1. The van der Waals surface area contributed by atoms with Crippen LogP contribution < -0.4 is 14.4 Å². The number of hydrogen-bond acceptors (Lipinski definition) is 4. The Bertz CT molecular complexity index is 961. The second kappa shape index (κ2) is 9.93. The summed E-state index contributed by atoms with van der Waals surface area (Å²) in [5, 5.41) is 2.96. The first kappa shape index (κ1) is 23.7. The van der Waals surface area contributed by atoms with Gasteiger partial charge >= 0.3 is 0 Å². The topological polar surface area (TPSA) is 75.7 Å². The van der Waals surface area contributed by atoms with E-state index < -0.39 is 27.8 Å². The van der Waals surface area contributed by atoms with E-state index in [1.165, 1.54) is 25.1 Å². The first-order valence-corrected chi connectivity index (χ1v) is 11.6. The molecule has 0 fully saturated rings.